The van der Waals surface area contributed by atoms with E-state index >= 15 is 0 Å². The van der Waals surface area contributed by atoms with Crippen LogP contribution in [0, 0.1) is 5.92 Å². The molecule has 0 spiro atoms. The van der Waals surface area contributed by atoms with Crippen molar-refractivity contribution in [2.24, 2.45) is 5.92 Å². The molecule has 0 aromatic heterocycles. The number of hydrogen-bond acceptors (Lipinski definition) is 3. The van der Waals surface area contributed by atoms with Crippen molar-refractivity contribution in [3.05, 3.63) is 0 Å². The summed E-state index contributed by atoms with van der Waals surface area (Å²) in [6.45, 7) is 7.15. The van der Waals surface area contributed by atoms with Gasteiger partial charge in [0.15, 0.2) is 0 Å². The Balaban J connectivity index is 3.17. The van der Waals surface area contributed by atoms with Gasteiger partial charge in [0.2, 0.25) is 0 Å². The van der Waals surface area contributed by atoms with Crippen LogP contribution in [0.15, 0.2) is 0 Å². The average molecular weight is 260 g/mol. The Bertz CT molecular complexity index is 151. The highest BCUT2D eigenvalue weighted by molar-refractivity contribution is 4.57. The molecule has 3 nitrogen and oxygen atoms in total. The van der Waals surface area contributed by atoms with Crippen LogP contribution in [-0.4, -0.2) is 38.1 Å². The summed E-state index contributed by atoms with van der Waals surface area (Å²) >= 11 is 0. The first-order valence-corrected chi connectivity index (χ1v) is 7.61. The van der Waals surface area contributed by atoms with Crippen molar-refractivity contribution in [3.63, 3.8) is 0 Å². The van der Waals surface area contributed by atoms with Crippen molar-refractivity contribution in [3.8, 4) is 0 Å². The first kappa shape index (κ1) is 17.9. The largest absolute Gasteiger partial charge is 0.394 e. The zero-order valence-electron chi connectivity index (χ0n) is 12.3. The lowest BCUT2D eigenvalue weighted by Gasteiger charge is -2.13. The highest BCUT2D eigenvalue weighted by Crippen LogP contribution is 2.19. The number of rotatable bonds is 14. The molecule has 1 N–H and O–H groups in total. The maximum atomic E-state index is 8.51. The summed E-state index contributed by atoms with van der Waals surface area (Å²) in [5.74, 6) is 0.915. The summed E-state index contributed by atoms with van der Waals surface area (Å²) in [5.41, 5.74) is 0. The van der Waals surface area contributed by atoms with Crippen LogP contribution < -0.4 is 0 Å². The van der Waals surface area contributed by atoms with E-state index in [1.165, 1.54) is 38.5 Å². The summed E-state index contributed by atoms with van der Waals surface area (Å²) in [6, 6.07) is 0. The van der Waals surface area contributed by atoms with E-state index in [0.717, 1.165) is 18.9 Å². The number of unbranched alkanes of at least 4 members (excludes halogenated alkanes) is 2. The van der Waals surface area contributed by atoms with Gasteiger partial charge in [0, 0.05) is 6.61 Å². The van der Waals surface area contributed by atoms with Gasteiger partial charge >= 0.3 is 0 Å². The zero-order chi connectivity index (χ0) is 13.5. The van der Waals surface area contributed by atoms with Gasteiger partial charge in [-0.1, -0.05) is 52.4 Å². The van der Waals surface area contributed by atoms with Gasteiger partial charge in [-0.05, 0) is 12.3 Å². The maximum Gasteiger partial charge on any atom is 0.0701 e. The summed E-state index contributed by atoms with van der Waals surface area (Å²) in [6.07, 6.45) is 9.17. The van der Waals surface area contributed by atoms with Crippen LogP contribution in [0.3, 0.4) is 0 Å². The summed E-state index contributed by atoms with van der Waals surface area (Å²) in [4.78, 5) is 0. The molecule has 0 aromatic carbocycles. The van der Waals surface area contributed by atoms with Gasteiger partial charge in [-0.3, -0.25) is 0 Å². The highest BCUT2D eigenvalue weighted by Gasteiger charge is 2.04. The predicted octanol–water partition coefficient (Wildman–Crippen LogP) is 3.40. The van der Waals surface area contributed by atoms with E-state index in [-0.39, 0.29) is 6.61 Å². The Hall–Kier alpha value is -0.120. The van der Waals surface area contributed by atoms with Crippen LogP contribution in [0.25, 0.3) is 0 Å². The Morgan fingerprint density at radius 3 is 2.11 bits per heavy atom. The zero-order valence-corrected chi connectivity index (χ0v) is 12.3. The molecule has 0 bridgehead atoms. The second-order valence-electron chi connectivity index (χ2n) is 4.86. The molecule has 0 rings (SSSR count). The van der Waals surface area contributed by atoms with Crippen molar-refractivity contribution >= 4 is 0 Å². The SMILES string of the molecule is CCCCC(CC)CCCCOCCOCCO. The molecule has 18 heavy (non-hydrogen) atoms. The predicted molar refractivity (Wildman–Crippen MR) is 75.9 cm³/mol. The topological polar surface area (TPSA) is 38.7 Å². The lowest BCUT2D eigenvalue weighted by atomic mass is 9.94. The minimum atomic E-state index is 0.0934. The molecular weight excluding hydrogens is 228 g/mol. The van der Waals surface area contributed by atoms with Gasteiger partial charge < -0.3 is 14.6 Å². The van der Waals surface area contributed by atoms with E-state index in [2.05, 4.69) is 13.8 Å². The Kier molecular flexibility index (Phi) is 14.8. The second kappa shape index (κ2) is 14.9. The molecule has 0 fully saturated rings. The normalized spacial score (nSPS) is 12.8. The minimum absolute atomic E-state index is 0.0934. The Morgan fingerprint density at radius 1 is 0.833 bits per heavy atom. The maximum absolute atomic E-state index is 8.51. The molecule has 1 unspecified atom stereocenters. The van der Waals surface area contributed by atoms with Crippen LogP contribution in [0.1, 0.15) is 58.8 Å². The smallest absolute Gasteiger partial charge is 0.0701 e. The molecule has 0 saturated carbocycles. The standard InChI is InChI=1S/C15H32O3/c1-3-5-8-15(4-2)9-6-7-11-17-13-14-18-12-10-16/h15-16H,3-14H2,1-2H3. The molecule has 0 aromatic rings. The van der Waals surface area contributed by atoms with E-state index in [1.54, 1.807) is 0 Å². The van der Waals surface area contributed by atoms with Gasteiger partial charge in [-0.15, -0.1) is 0 Å². The highest BCUT2D eigenvalue weighted by atomic mass is 16.5. The third kappa shape index (κ3) is 12.3. The van der Waals surface area contributed by atoms with E-state index in [9.17, 15) is 0 Å². The van der Waals surface area contributed by atoms with Crippen molar-refractivity contribution in [1.29, 1.82) is 0 Å². The molecule has 1 atom stereocenters. The van der Waals surface area contributed by atoms with Crippen LogP contribution in [-0.2, 0) is 9.47 Å². The summed E-state index contributed by atoms with van der Waals surface area (Å²) in [7, 11) is 0. The fraction of sp³-hybridized carbons (Fsp3) is 1.00. The third-order valence-electron chi connectivity index (χ3n) is 3.30. The molecule has 0 aliphatic carbocycles. The lowest BCUT2D eigenvalue weighted by molar-refractivity contribution is 0.0318. The Morgan fingerprint density at radius 2 is 1.50 bits per heavy atom. The van der Waals surface area contributed by atoms with E-state index in [4.69, 9.17) is 14.6 Å². The number of aliphatic hydroxyl groups is 1. The van der Waals surface area contributed by atoms with Crippen LogP contribution in [0.5, 0.6) is 0 Å². The molecule has 0 radical (unpaired) electrons. The molecular formula is C15H32O3. The first-order chi connectivity index (χ1) is 8.85. The van der Waals surface area contributed by atoms with Crippen molar-refractivity contribution in [1.82, 2.24) is 0 Å². The van der Waals surface area contributed by atoms with Crippen LogP contribution in [0.2, 0.25) is 0 Å². The first-order valence-electron chi connectivity index (χ1n) is 7.61. The van der Waals surface area contributed by atoms with Gasteiger partial charge in [0.05, 0.1) is 26.4 Å². The molecule has 0 aliphatic heterocycles. The molecule has 110 valence electrons. The quantitative estimate of drug-likeness (QED) is 0.486. The van der Waals surface area contributed by atoms with E-state index in [0.29, 0.717) is 19.8 Å². The molecule has 3 heteroatoms. The fourth-order valence-corrected chi connectivity index (χ4v) is 2.07. The molecule has 0 saturated heterocycles. The summed E-state index contributed by atoms with van der Waals surface area (Å²) < 4.78 is 10.6. The van der Waals surface area contributed by atoms with E-state index in [1.807, 2.05) is 0 Å². The van der Waals surface area contributed by atoms with Crippen LogP contribution in [0.4, 0.5) is 0 Å². The molecule has 0 heterocycles. The van der Waals surface area contributed by atoms with Gasteiger partial charge in [-0.25, -0.2) is 0 Å². The fourth-order valence-electron chi connectivity index (χ4n) is 2.07. The number of hydrogen-bond donors (Lipinski definition) is 1. The van der Waals surface area contributed by atoms with Crippen molar-refractivity contribution < 1.29 is 14.6 Å². The number of ether oxygens (including phenoxy) is 2. The third-order valence-corrected chi connectivity index (χ3v) is 3.30. The van der Waals surface area contributed by atoms with Crippen molar-refractivity contribution in [2.75, 3.05) is 33.0 Å². The van der Waals surface area contributed by atoms with Gasteiger partial charge in [-0.2, -0.15) is 0 Å². The van der Waals surface area contributed by atoms with Gasteiger partial charge in [0.1, 0.15) is 0 Å². The lowest BCUT2D eigenvalue weighted by Crippen LogP contribution is -2.08. The monoisotopic (exact) mass is 260 g/mol. The molecule has 0 amide bonds. The second-order valence-corrected chi connectivity index (χ2v) is 4.86. The van der Waals surface area contributed by atoms with Crippen molar-refractivity contribution in [2.45, 2.75) is 58.8 Å². The minimum Gasteiger partial charge on any atom is -0.394 e. The average Bonchev–Trinajstić information content (AvgIpc) is 2.40. The molecule has 0 aliphatic rings. The number of aliphatic hydroxyl groups excluding tert-OH is 1. The van der Waals surface area contributed by atoms with E-state index < -0.39 is 0 Å². The van der Waals surface area contributed by atoms with Crippen LogP contribution >= 0.6 is 0 Å². The Labute approximate surface area is 113 Å². The van der Waals surface area contributed by atoms with Gasteiger partial charge in [0.25, 0.3) is 0 Å². The summed E-state index contributed by atoms with van der Waals surface area (Å²) in [5, 5.41) is 8.51.